The molecule has 24 heavy (non-hydrogen) atoms. The predicted molar refractivity (Wildman–Crippen MR) is 92.9 cm³/mol. The molecule has 2 atom stereocenters. The Hall–Kier alpha value is -2.27. The molecule has 3 aliphatic heterocycles. The molecule has 0 saturated carbocycles. The Morgan fingerprint density at radius 2 is 1.88 bits per heavy atom. The number of phenolic OH excluding ortho intramolecular Hbond substituents is 1. The number of rotatable bonds is 3. The highest BCUT2D eigenvalue weighted by Crippen LogP contribution is 2.32. The normalized spacial score (nSPS) is 28.7. The number of aromatic nitrogens is 1. The molecule has 1 aromatic heterocycles. The fourth-order valence-electron chi connectivity index (χ4n) is 4.11. The van der Waals surface area contributed by atoms with Crippen LogP contribution >= 0.6 is 0 Å². The van der Waals surface area contributed by atoms with Crippen molar-refractivity contribution >= 4 is 5.91 Å². The number of carbonyl (C=O) groups excluding carboxylic acids is 1. The van der Waals surface area contributed by atoms with Gasteiger partial charge in [-0.1, -0.05) is 0 Å². The summed E-state index contributed by atoms with van der Waals surface area (Å²) >= 11 is 0. The zero-order valence-corrected chi connectivity index (χ0v) is 13.8. The molecule has 3 fully saturated rings. The maximum atomic E-state index is 12.6. The van der Waals surface area contributed by atoms with E-state index < -0.39 is 0 Å². The first-order chi connectivity index (χ1) is 11.6. The minimum absolute atomic E-state index is 0.0365. The van der Waals surface area contributed by atoms with Crippen LogP contribution in [-0.2, 0) is 0 Å². The number of amides is 1. The van der Waals surface area contributed by atoms with Gasteiger partial charge in [0.25, 0.3) is 5.91 Å². The molecule has 5 nitrogen and oxygen atoms in total. The number of H-pyrrole nitrogens is 1. The van der Waals surface area contributed by atoms with Gasteiger partial charge in [-0.2, -0.15) is 0 Å². The summed E-state index contributed by atoms with van der Waals surface area (Å²) in [7, 11) is 0. The second-order valence-electron chi connectivity index (χ2n) is 6.95. The number of benzene rings is 1. The fourth-order valence-corrected chi connectivity index (χ4v) is 4.11. The quantitative estimate of drug-likeness (QED) is 0.812. The van der Waals surface area contributed by atoms with Crippen molar-refractivity contribution in [3.63, 3.8) is 0 Å². The molecule has 2 bridgehead atoms. The van der Waals surface area contributed by atoms with Crippen LogP contribution in [0.2, 0.25) is 0 Å². The summed E-state index contributed by atoms with van der Waals surface area (Å²) in [5.41, 5.74) is 2.41. The van der Waals surface area contributed by atoms with Crippen LogP contribution in [0.15, 0.2) is 36.4 Å². The SMILES string of the molecule is C[C@H]1[C@H](NC(=O)c2ccc(-c3ccc(O)cc3)[nH]2)C2CCN1CC2. The monoisotopic (exact) mass is 325 g/mol. The molecule has 4 heterocycles. The highest BCUT2D eigenvalue weighted by Gasteiger charge is 2.40. The lowest BCUT2D eigenvalue weighted by Gasteiger charge is -2.49. The number of hydrogen-bond acceptors (Lipinski definition) is 3. The lowest BCUT2D eigenvalue weighted by Crippen LogP contribution is -2.62. The molecule has 0 spiro atoms. The van der Waals surface area contributed by atoms with Gasteiger partial charge >= 0.3 is 0 Å². The average molecular weight is 325 g/mol. The first kappa shape index (κ1) is 15.3. The first-order valence-corrected chi connectivity index (χ1v) is 8.65. The Morgan fingerprint density at radius 3 is 2.54 bits per heavy atom. The summed E-state index contributed by atoms with van der Waals surface area (Å²) in [4.78, 5) is 18.3. The smallest absolute Gasteiger partial charge is 0.267 e. The van der Waals surface area contributed by atoms with E-state index >= 15 is 0 Å². The van der Waals surface area contributed by atoms with E-state index in [0.717, 1.165) is 24.3 Å². The van der Waals surface area contributed by atoms with E-state index in [1.165, 1.54) is 12.8 Å². The Balaban J connectivity index is 1.48. The second kappa shape index (κ2) is 5.98. The molecule has 5 heteroatoms. The third-order valence-corrected chi connectivity index (χ3v) is 5.58. The zero-order valence-electron chi connectivity index (χ0n) is 13.8. The second-order valence-corrected chi connectivity index (χ2v) is 6.95. The van der Waals surface area contributed by atoms with Crippen molar-refractivity contribution in [1.29, 1.82) is 0 Å². The summed E-state index contributed by atoms with van der Waals surface area (Å²) in [5, 5.41) is 12.6. The van der Waals surface area contributed by atoms with Gasteiger partial charge in [0.2, 0.25) is 0 Å². The summed E-state index contributed by atoms with van der Waals surface area (Å²) in [6, 6.07) is 11.3. The molecule has 1 aromatic carbocycles. The van der Waals surface area contributed by atoms with Gasteiger partial charge in [0.15, 0.2) is 0 Å². The van der Waals surface area contributed by atoms with Crippen LogP contribution in [0.1, 0.15) is 30.3 Å². The van der Waals surface area contributed by atoms with Crippen LogP contribution in [0.4, 0.5) is 0 Å². The van der Waals surface area contributed by atoms with Crippen molar-refractivity contribution in [3.8, 4) is 17.0 Å². The lowest BCUT2D eigenvalue weighted by atomic mass is 9.79. The highest BCUT2D eigenvalue weighted by molar-refractivity contribution is 5.93. The number of nitrogens with zero attached hydrogens (tertiary/aromatic N) is 1. The van der Waals surface area contributed by atoms with Gasteiger partial charge in [0, 0.05) is 17.8 Å². The highest BCUT2D eigenvalue weighted by atomic mass is 16.3. The Morgan fingerprint density at radius 1 is 1.17 bits per heavy atom. The molecule has 2 aromatic rings. The number of fused-ring (bicyclic) bond motifs is 3. The largest absolute Gasteiger partial charge is 0.508 e. The third kappa shape index (κ3) is 2.69. The van der Waals surface area contributed by atoms with E-state index in [1.54, 1.807) is 12.1 Å². The van der Waals surface area contributed by atoms with Gasteiger partial charge in [-0.05, 0) is 80.7 Å². The van der Waals surface area contributed by atoms with Gasteiger partial charge < -0.3 is 15.4 Å². The molecule has 3 N–H and O–H groups in total. The van der Waals surface area contributed by atoms with E-state index in [4.69, 9.17) is 0 Å². The van der Waals surface area contributed by atoms with E-state index in [9.17, 15) is 9.90 Å². The summed E-state index contributed by atoms with van der Waals surface area (Å²) in [6.07, 6.45) is 2.36. The third-order valence-electron chi connectivity index (χ3n) is 5.58. The molecule has 5 rings (SSSR count). The maximum Gasteiger partial charge on any atom is 0.267 e. The summed E-state index contributed by atoms with van der Waals surface area (Å²) in [6.45, 7) is 4.53. The molecule has 3 aliphatic rings. The number of nitrogens with one attached hydrogen (secondary N) is 2. The summed E-state index contributed by atoms with van der Waals surface area (Å²) in [5.74, 6) is 0.797. The van der Waals surface area contributed by atoms with E-state index in [1.807, 2.05) is 24.3 Å². The number of aromatic amines is 1. The number of phenols is 1. The Bertz CT molecular complexity index is 727. The van der Waals surface area contributed by atoms with Gasteiger partial charge in [-0.25, -0.2) is 0 Å². The van der Waals surface area contributed by atoms with Gasteiger partial charge in [0.1, 0.15) is 11.4 Å². The van der Waals surface area contributed by atoms with Crippen LogP contribution in [-0.4, -0.2) is 46.1 Å². The van der Waals surface area contributed by atoms with Crippen molar-refractivity contribution in [2.24, 2.45) is 5.92 Å². The van der Waals surface area contributed by atoms with Crippen molar-refractivity contribution in [2.75, 3.05) is 13.1 Å². The summed E-state index contributed by atoms with van der Waals surface area (Å²) < 4.78 is 0. The average Bonchev–Trinajstić information content (AvgIpc) is 3.09. The molecule has 126 valence electrons. The van der Waals surface area contributed by atoms with E-state index in [-0.39, 0.29) is 17.7 Å². The molecule has 0 aliphatic carbocycles. The minimum Gasteiger partial charge on any atom is -0.508 e. The molecular formula is C19H23N3O2. The van der Waals surface area contributed by atoms with Gasteiger partial charge in [-0.3, -0.25) is 9.69 Å². The lowest BCUT2D eigenvalue weighted by molar-refractivity contribution is 0.0216. The topological polar surface area (TPSA) is 68.4 Å². The van der Waals surface area contributed by atoms with Crippen LogP contribution in [0.25, 0.3) is 11.3 Å². The van der Waals surface area contributed by atoms with Crippen LogP contribution in [0, 0.1) is 5.92 Å². The maximum absolute atomic E-state index is 12.6. The first-order valence-electron chi connectivity index (χ1n) is 8.65. The van der Waals surface area contributed by atoms with E-state index in [2.05, 4.69) is 22.1 Å². The number of piperidine rings is 3. The Kier molecular flexibility index (Phi) is 3.81. The number of aromatic hydroxyl groups is 1. The number of hydrogen-bond donors (Lipinski definition) is 3. The number of carbonyl (C=O) groups is 1. The minimum atomic E-state index is -0.0365. The van der Waals surface area contributed by atoms with Crippen LogP contribution in [0.5, 0.6) is 5.75 Å². The molecule has 0 radical (unpaired) electrons. The molecule has 3 saturated heterocycles. The molecule has 1 amide bonds. The van der Waals surface area contributed by atoms with E-state index in [0.29, 0.717) is 17.7 Å². The van der Waals surface area contributed by atoms with Crippen LogP contribution in [0.3, 0.4) is 0 Å². The van der Waals surface area contributed by atoms with Gasteiger partial charge in [-0.15, -0.1) is 0 Å². The Labute approximate surface area is 141 Å². The molecular weight excluding hydrogens is 302 g/mol. The van der Waals surface area contributed by atoms with Gasteiger partial charge in [0.05, 0.1) is 0 Å². The fraction of sp³-hybridized carbons (Fsp3) is 0.421. The molecule has 0 unspecified atom stereocenters. The standard InChI is InChI=1S/C19H23N3O2/c1-12-18(14-8-10-22(12)11-9-14)21-19(24)17-7-6-16(20-17)13-2-4-15(23)5-3-13/h2-7,12,14,18,20,23H,8-11H2,1H3,(H,21,24)/t12-,18-/m0/s1. The van der Waals surface area contributed by atoms with Crippen molar-refractivity contribution in [1.82, 2.24) is 15.2 Å². The van der Waals surface area contributed by atoms with Crippen LogP contribution < -0.4 is 5.32 Å². The predicted octanol–water partition coefficient (Wildman–Crippen LogP) is 2.60. The van der Waals surface area contributed by atoms with Crippen molar-refractivity contribution in [2.45, 2.75) is 31.8 Å². The zero-order chi connectivity index (χ0) is 16.7. The van der Waals surface area contributed by atoms with Crippen molar-refractivity contribution < 1.29 is 9.90 Å². The van der Waals surface area contributed by atoms with Crippen molar-refractivity contribution in [3.05, 3.63) is 42.1 Å².